The molecule has 0 saturated carbocycles. The van der Waals surface area contributed by atoms with Gasteiger partial charge < -0.3 is 4.74 Å². The highest BCUT2D eigenvalue weighted by molar-refractivity contribution is 7.89. The van der Waals surface area contributed by atoms with Crippen molar-refractivity contribution in [3.05, 3.63) is 42.5 Å². The summed E-state index contributed by atoms with van der Waals surface area (Å²) in [5.74, 6) is 0. The van der Waals surface area contributed by atoms with Gasteiger partial charge in [-0.25, -0.2) is 8.42 Å². The van der Waals surface area contributed by atoms with Gasteiger partial charge in [-0.3, -0.25) is 0 Å². The Morgan fingerprint density at radius 1 is 1.10 bits per heavy atom. The molecule has 2 fully saturated rings. The molecule has 0 radical (unpaired) electrons. The van der Waals surface area contributed by atoms with E-state index in [1.165, 1.54) is 0 Å². The van der Waals surface area contributed by atoms with Crippen LogP contribution in [0.1, 0.15) is 6.42 Å². The quantitative estimate of drug-likeness (QED) is 0.849. The largest absolute Gasteiger partial charge is 0.375 e. The lowest BCUT2D eigenvalue weighted by molar-refractivity contribution is 0.0609. The fourth-order valence-corrected chi connectivity index (χ4v) is 5.07. The van der Waals surface area contributed by atoms with Crippen molar-refractivity contribution < 1.29 is 13.2 Å². The second-order valence-corrected chi connectivity index (χ2v) is 7.26. The van der Waals surface area contributed by atoms with Gasteiger partial charge in [0.1, 0.15) is 0 Å². The molecule has 20 heavy (non-hydrogen) atoms. The van der Waals surface area contributed by atoms with Crippen LogP contribution in [0.3, 0.4) is 0 Å². The zero-order valence-electron chi connectivity index (χ0n) is 10.9. The molecule has 2 heterocycles. The van der Waals surface area contributed by atoms with Crippen molar-refractivity contribution in [2.75, 3.05) is 13.2 Å². The Morgan fingerprint density at radius 3 is 2.65 bits per heavy atom. The first-order valence-electron chi connectivity index (χ1n) is 6.77. The van der Waals surface area contributed by atoms with Crippen LogP contribution in [0.5, 0.6) is 0 Å². The third kappa shape index (κ3) is 1.70. The summed E-state index contributed by atoms with van der Waals surface area (Å²) < 4.78 is 32.9. The lowest BCUT2D eigenvalue weighted by Gasteiger charge is -2.26. The van der Waals surface area contributed by atoms with Crippen LogP contribution in [-0.2, 0) is 14.8 Å². The van der Waals surface area contributed by atoms with Gasteiger partial charge in [0, 0.05) is 11.9 Å². The van der Waals surface area contributed by atoms with Gasteiger partial charge in [-0.1, -0.05) is 36.4 Å². The summed E-state index contributed by atoms with van der Waals surface area (Å²) in [6, 6.07) is 13.0. The smallest absolute Gasteiger partial charge is 0.244 e. The lowest BCUT2D eigenvalue weighted by atomic mass is 10.1. The summed E-state index contributed by atoms with van der Waals surface area (Å²) in [4.78, 5) is 0.406. The van der Waals surface area contributed by atoms with E-state index in [1.54, 1.807) is 16.4 Å². The molecule has 2 atom stereocenters. The van der Waals surface area contributed by atoms with Gasteiger partial charge in [0.25, 0.3) is 0 Å². The Kier molecular flexibility index (Phi) is 2.64. The van der Waals surface area contributed by atoms with Crippen LogP contribution in [0.4, 0.5) is 0 Å². The number of hydrogen-bond acceptors (Lipinski definition) is 3. The maximum atomic E-state index is 12.9. The molecule has 0 amide bonds. The topological polar surface area (TPSA) is 46.6 Å². The number of fused-ring (bicyclic) bond motifs is 3. The molecule has 0 spiro atoms. The van der Waals surface area contributed by atoms with E-state index in [-0.39, 0.29) is 12.1 Å². The van der Waals surface area contributed by atoms with Gasteiger partial charge in [-0.2, -0.15) is 4.31 Å². The molecule has 2 aliphatic heterocycles. The molecule has 104 valence electrons. The van der Waals surface area contributed by atoms with Crippen molar-refractivity contribution in [3.8, 4) is 0 Å². The van der Waals surface area contributed by atoms with E-state index in [4.69, 9.17) is 4.74 Å². The van der Waals surface area contributed by atoms with E-state index in [9.17, 15) is 8.42 Å². The molecule has 0 unspecified atom stereocenters. The molecule has 0 aromatic heterocycles. The molecule has 2 saturated heterocycles. The van der Waals surface area contributed by atoms with E-state index in [1.807, 2.05) is 30.3 Å². The van der Waals surface area contributed by atoms with Crippen molar-refractivity contribution in [3.63, 3.8) is 0 Å². The molecule has 2 bridgehead atoms. The van der Waals surface area contributed by atoms with Gasteiger partial charge >= 0.3 is 0 Å². The van der Waals surface area contributed by atoms with Crippen molar-refractivity contribution in [2.45, 2.75) is 23.5 Å². The van der Waals surface area contributed by atoms with Crippen LogP contribution >= 0.6 is 0 Å². The minimum Gasteiger partial charge on any atom is -0.375 e. The Bertz CT molecular complexity index is 766. The summed E-state index contributed by atoms with van der Waals surface area (Å²) in [6.07, 6.45) is 0.897. The van der Waals surface area contributed by atoms with Crippen molar-refractivity contribution >= 4 is 20.8 Å². The average molecular weight is 289 g/mol. The number of hydrogen-bond donors (Lipinski definition) is 0. The van der Waals surface area contributed by atoms with E-state index in [0.717, 1.165) is 17.2 Å². The van der Waals surface area contributed by atoms with Crippen LogP contribution in [0.25, 0.3) is 10.8 Å². The summed E-state index contributed by atoms with van der Waals surface area (Å²) in [7, 11) is -3.44. The average Bonchev–Trinajstić information content (AvgIpc) is 3.09. The standard InChI is InChI=1S/C15H15NO3S/c17-20(18,16-9-13-8-12(16)10-19-13)15-7-3-5-11-4-1-2-6-14(11)15/h1-7,12-13H,8-10H2/t12-,13+/m0/s1. The number of morpholine rings is 1. The SMILES string of the molecule is O=S(=O)(c1cccc2ccccc12)N1C[C@H]2C[C@H]1CO2. The lowest BCUT2D eigenvalue weighted by Crippen LogP contribution is -2.41. The van der Waals surface area contributed by atoms with Crippen molar-refractivity contribution in [2.24, 2.45) is 0 Å². The first-order valence-corrected chi connectivity index (χ1v) is 8.21. The predicted octanol–water partition coefficient (Wildman–Crippen LogP) is 2.00. The summed E-state index contributed by atoms with van der Waals surface area (Å²) in [6.45, 7) is 1.00. The van der Waals surface area contributed by atoms with Gasteiger partial charge in [0.15, 0.2) is 0 Å². The number of benzene rings is 2. The third-order valence-corrected chi connectivity index (χ3v) is 6.16. The fourth-order valence-electron chi connectivity index (χ4n) is 3.21. The van der Waals surface area contributed by atoms with Gasteiger partial charge in [0.05, 0.1) is 23.6 Å². The Morgan fingerprint density at radius 2 is 1.90 bits per heavy atom. The first-order chi connectivity index (χ1) is 9.66. The molecule has 4 nitrogen and oxygen atoms in total. The number of rotatable bonds is 2. The van der Waals surface area contributed by atoms with Gasteiger partial charge in [-0.15, -0.1) is 0 Å². The predicted molar refractivity (Wildman–Crippen MR) is 76.0 cm³/mol. The Balaban J connectivity index is 1.86. The summed E-state index contributed by atoms with van der Waals surface area (Å²) >= 11 is 0. The maximum Gasteiger partial charge on any atom is 0.244 e. The number of nitrogens with zero attached hydrogens (tertiary/aromatic N) is 1. The van der Waals surface area contributed by atoms with Crippen LogP contribution in [0, 0.1) is 0 Å². The molecule has 0 aliphatic carbocycles. The second-order valence-electron chi connectivity index (χ2n) is 5.40. The molecule has 5 heteroatoms. The molecule has 2 aliphatic rings. The van der Waals surface area contributed by atoms with Crippen molar-refractivity contribution in [1.29, 1.82) is 0 Å². The number of sulfonamides is 1. The third-order valence-electron chi connectivity index (χ3n) is 4.19. The molecule has 4 rings (SSSR count). The van der Waals surface area contributed by atoms with Crippen LogP contribution in [0.15, 0.2) is 47.4 Å². The summed E-state index contributed by atoms with van der Waals surface area (Å²) in [5, 5.41) is 1.74. The first kappa shape index (κ1) is 12.3. The van der Waals surface area contributed by atoms with Crippen LogP contribution in [0.2, 0.25) is 0 Å². The second kappa shape index (κ2) is 4.28. The minimum atomic E-state index is -3.44. The molecule has 2 aromatic carbocycles. The maximum absolute atomic E-state index is 12.9. The zero-order chi connectivity index (χ0) is 13.7. The molecular weight excluding hydrogens is 274 g/mol. The summed E-state index contributed by atoms with van der Waals surface area (Å²) in [5.41, 5.74) is 0. The monoisotopic (exact) mass is 289 g/mol. The highest BCUT2D eigenvalue weighted by Crippen LogP contribution is 2.34. The minimum absolute atomic E-state index is 0.00367. The molecule has 2 aromatic rings. The van der Waals surface area contributed by atoms with Crippen LogP contribution < -0.4 is 0 Å². The number of ether oxygens (including phenoxy) is 1. The van der Waals surface area contributed by atoms with Crippen molar-refractivity contribution in [1.82, 2.24) is 4.31 Å². The zero-order valence-corrected chi connectivity index (χ0v) is 11.7. The Hall–Kier alpha value is -1.43. The Labute approximate surface area is 118 Å². The van der Waals surface area contributed by atoms with Gasteiger partial charge in [0.2, 0.25) is 10.0 Å². The molecular formula is C15H15NO3S. The van der Waals surface area contributed by atoms with E-state index in [0.29, 0.717) is 18.0 Å². The fraction of sp³-hybridized carbons (Fsp3) is 0.333. The van der Waals surface area contributed by atoms with Gasteiger partial charge in [-0.05, 0) is 17.9 Å². The highest BCUT2D eigenvalue weighted by Gasteiger charge is 2.45. The molecule has 0 N–H and O–H groups in total. The van der Waals surface area contributed by atoms with Crippen LogP contribution in [-0.4, -0.2) is 38.0 Å². The van der Waals surface area contributed by atoms with E-state index in [2.05, 4.69) is 0 Å². The van der Waals surface area contributed by atoms with E-state index < -0.39 is 10.0 Å². The van der Waals surface area contributed by atoms with E-state index >= 15 is 0 Å². The highest BCUT2D eigenvalue weighted by atomic mass is 32.2. The normalized spacial score (nSPS) is 26.4.